The maximum absolute atomic E-state index is 8.56. The van der Waals surface area contributed by atoms with Gasteiger partial charge in [-0.15, -0.1) is 0 Å². The zero-order valence-electron chi connectivity index (χ0n) is 43.3. The molecule has 0 aliphatic heterocycles. The van der Waals surface area contributed by atoms with E-state index in [2.05, 4.69) is 55.9 Å². The van der Waals surface area contributed by atoms with E-state index in [9.17, 15) is 0 Å². The standard InChI is InChI=1S/2C22H48N.5CH2O3/c2*1-5-7-9-11-13-15-17-19-21-23(3,4)22-20-18-16-14-12-10-8-6-2;5*2-1(3)4/h2*5-22H2,1-4H3;5*(H2,2,3,4)/q2*+1;;;;;/p-2. The molecule has 0 fully saturated rings. The summed E-state index contributed by atoms with van der Waals surface area (Å²) in [4.78, 5) is 42.6. The van der Waals surface area contributed by atoms with Gasteiger partial charge < -0.3 is 64.8 Å². The van der Waals surface area contributed by atoms with E-state index < -0.39 is 30.8 Å². The third-order valence-electron chi connectivity index (χ3n) is 10.5. The second-order valence-corrected chi connectivity index (χ2v) is 18.0. The first-order valence-electron chi connectivity index (χ1n) is 25.1. The van der Waals surface area contributed by atoms with Gasteiger partial charge in [-0.2, -0.15) is 0 Å². The lowest BCUT2D eigenvalue weighted by atomic mass is 10.1. The van der Waals surface area contributed by atoms with Gasteiger partial charge in [0.2, 0.25) is 0 Å². The predicted molar refractivity (Wildman–Crippen MR) is 262 cm³/mol. The van der Waals surface area contributed by atoms with Crippen LogP contribution in [0.1, 0.15) is 233 Å². The first kappa shape index (κ1) is 76.5. The van der Waals surface area contributed by atoms with E-state index >= 15 is 0 Å². The van der Waals surface area contributed by atoms with Crippen molar-refractivity contribution < 1.29 is 84.0 Å². The zero-order valence-corrected chi connectivity index (χ0v) is 43.3. The van der Waals surface area contributed by atoms with Crippen LogP contribution >= 0.6 is 0 Å². The van der Waals surface area contributed by atoms with Crippen LogP contribution in [-0.2, 0) is 0 Å². The van der Waals surface area contributed by atoms with Gasteiger partial charge in [-0.1, -0.05) is 182 Å². The van der Waals surface area contributed by atoms with Crippen molar-refractivity contribution in [3.05, 3.63) is 0 Å². The van der Waals surface area contributed by atoms with Gasteiger partial charge in [-0.05, 0) is 57.5 Å². The molecule has 66 heavy (non-hydrogen) atoms. The van der Waals surface area contributed by atoms with Crippen LogP contribution in [0.15, 0.2) is 0 Å². The van der Waals surface area contributed by atoms with Gasteiger partial charge in [0.15, 0.2) is 0 Å². The Labute approximate surface area is 401 Å². The van der Waals surface area contributed by atoms with Crippen molar-refractivity contribution in [1.29, 1.82) is 0 Å². The number of hydrogen-bond donors (Lipinski definition) is 8. The minimum atomic E-state index is -2.33. The van der Waals surface area contributed by atoms with Crippen molar-refractivity contribution in [2.75, 3.05) is 54.4 Å². The molecule has 0 saturated heterocycles. The fourth-order valence-corrected chi connectivity index (χ4v) is 6.92. The molecule has 0 amide bonds. The van der Waals surface area contributed by atoms with Crippen LogP contribution in [-0.4, -0.2) is 135 Å². The van der Waals surface area contributed by atoms with Crippen LogP contribution in [0.3, 0.4) is 0 Å². The maximum Gasteiger partial charge on any atom is 0.503 e. The summed E-state index contributed by atoms with van der Waals surface area (Å²) in [5.74, 6) is 0. The van der Waals surface area contributed by atoms with E-state index in [1.807, 2.05) is 0 Å². The molecule has 0 aliphatic rings. The highest BCUT2D eigenvalue weighted by molar-refractivity contribution is 5.54. The fraction of sp³-hybridized carbons (Fsp3) is 0.898. The summed E-state index contributed by atoms with van der Waals surface area (Å²) in [6.45, 7) is 14.7. The van der Waals surface area contributed by atoms with Gasteiger partial charge in [0, 0.05) is 0 Å². The summed E-state index contributed by atoms with van der Waals surface area (Å²) in [7, 11) is 9.73. The number of quaternary nitrogens is 2. The molecule has 0 unspecified atom stereocenters. The lowest BCUT2D eigenvalue weighted by Crippen LogP contribution is -2.41. The van der Waals surface area contributed by atoms with Crippen molar-refractivity contribution >= 4 is 30.8 Å². The van der Waals surface area contributed by atoms with Crippen LogP contribution in [0.5, 0.6) is 0 Å². The second-order valence-electron chi connectivity index (χ2n) is 18.0. The van der Waals surface area contributed by atoms with E-state index in [0.29, 0.717) is 0 Å². The molecule has 0 radical (unpaired) electrons. The lowest BCUT2D eigenvalue weighted by Gasteiger charge is -2.30. The lowest BCUT2D eigenvalue weighted by molar-refractivity contribution is -0.890. The molecular formula is C49H104N2O15. The summed E-state index contributed by atoms with van der Waals surface area (Å²) >= 11 is 0. The van der Waals surface area contributed by atoms with Crippen molar-refractivity contribution in [1.82, 2.24) is 0 Å². The minimum Gasteiger partial charge on any atom is -0.652 e. The van der Waals surface area contributed by atoms with E-state index in [0.717, 1.165) is 0 Å². The highest BCUT2D eigenvalue weighted by atomic mass is 16.6. The van der Waals surface area contributed by atoms with Crippen molar-refractivity contribution in [3.63, 3.8) is 0 Å². The number of unbranched alkanes of at least 4 members (excludes halogenated alkanes) is 28. The van der Waals surface area contributed by atoms with Crippen molar-refractivity contribution in [2.24, 2.45) is 0 Å². The molecule has 0 atom stereocenters. The first-order valence-corrected chi connectivity index (χ1v) is 25.1. The Balaban J connectivity index is -0.000000149. The first-order chi connectivity index (χ1) is 30.9. The largest absolute Gasteiger partial charge is 0.652 e. The SMILES string of the molecule is CCCCCCCCCC[N+](C)(C)CCCCCCCCCC.CCCCCCCCCC[N+](C)(C)CCCCCCCCCC.O=C(O)O.O=C(O)O.O=C(O)O.O=C(O)O.O=C([O-])[O-]. The van der Waals surface area contributed by atoms with Crippen LogP contribution in [0, 0.1) is 0 Å². The van der Waals surface area contributed by atoms with Gasteiger partial charge >= 0.3 is 24.6 Å². The molecule has 0 aromatic carbocycles. The molecule has 17 heteroatoms. The highest BCUT2D eigenvalue weighted by Crippen LogP contribution is 2.15. The van der Waals surface area contributed by atoms with E-state index in [-0.39, 0.29) is 0 Å². The van der Waals surface area contributed by atoms with Crippen LogP contribution in [0.2, 0.25) is 0 Å². The molecule has 17 nitrogen and oxygen atoms in total. The molecule has 0 heterocycles. The quantitative estimate of drug-likeness (QED) is 0.0214. The average molecular weight is 961 g/mol. The molecule has 0 rings (SSSR count). The molecule has 400 valence electrons. The Bertz CT molecular complexity index is 834. The predicted octanol–water partition coefficient (Wildman–Crippen LogP) is 13.1. The number of carboxylic acid groups (broad SMARTS) is 10. The monoisotopic (exact) mass is 961 g/mol. The maximum atomic E-state index is 8.56. The molecular weight excluding hydrogens is 857 g/mol. The van der Waals surface area contributed by atoms with Crippen LogP contribution in [0.4, 0.5) is 24.0 Å². The number of carbonyl (C=O) groups is 5. The topological polar surface area (TPSA) is 293 Å². The number of carbonyl (C=O) groups excluding carboxylic acids is 1. The molecule has 8 N–H and O–H groups in total. The normalized spacial score (nSPS) is 10.2. The fourth-order valence-electron chi connectivity index (χ4n) is 6.92. The Morgan fingerprint density at radius 3 is 0.470 bits per heavy atom. The van der Waals surface area contributed by atoms with Crippen LogP contribution < -0.4 is 10.2 Å². The van der Waals surface area contributed by atoms with Crippen molar-refractivity contribution in [3.8, 4) is 0 Å². The molecule has 0 aromatic rings. The summed E-state index contributed by atoms with van der Waals surface area (Å²) < 4.78 is 2.48. The Kier molecular flexibility index (Phi) is 73.5. The Morgan fingerprint density at radius 1 is 0.273 bits per heavy atom. The summed E-state index contributed by atoms with van der Waals surface area (Å²) in [6.07, 6.45) is 36.4. The second kappa shape index (κ2) is 63.4. The average Bonchev–Trinajstić information content (AvgIpc) is 3.18. The molecule has 0 aromatic heterocycles. The minimum absolute atomic E-state index is 1.24. The smallest absolute Gasteiger partial charge is 0.503 e. The third-order valence-corrected chi connectivity index (χ3v) is 10.5. The van der Waals surface area contributed by atoms with E-state index in [1.165, 1.54) is 241 Å². The molecule has 0 saturated carbocycles. The molecule has 0 bridgehead atoms. The third kappa shape index (κ3) is 131. The number of hydrogen-bond acceptors (Lipinski definition) is 7. The highest BCUT2D eigenvalue weighted by Gasteiger charge is 2.14. The van der Waals surface area contributed by atoms with Gasteiger partial charge in [0.25, 0.3) is 0 Å². The molecule has 0 spiro atoms. The summed E-state index contributed by atoms with van der Waals surface area (Å²) in [5, 5.41) is 72.4. The van der Waals surface area contributed by atoms with Gasteiger partial charge in [0.05, 0.1) is 54.4 Å². The van der Waals surface area contributed by atoms with Gasteiger partial charge in [-0.25, -0.2) is 19.2 Å². The zero-order chi connectivity index (χ0) is 52.3. The Hall–Kier alpha value is -3.73. The van der Waals surface area contributed by atoms with Crippen LogP contribution in [0.25, 0.3) is 0 Å². The summed E-state index contributed by atoms with van der Waals surface area (Å²) in [6, 6.07) is 0. The van der Waals surface area contributed by atoms with Crippen molar-refractivity contribution in [2.45, 2.75) is 233 Å². The Morgan fingerprint density at radius 2 is 0.364 bits per heavy atom. The van der Waals surface area contributed by atoms with Gasteiger partial charge in [0.1, 0.15) is 0 Å². The number of nitrogens with zero attached hydrogens (tertiary/aromatic N) is 2. The number of rotatable bonds is 36. The molecule has 0 aliphatic carbocycles. The van der Waals surface area contributed by atoms with E-state index in [1.54, 1.807) is 0 Å². The van der Waals surface area contributed by atoms with Gasteiger partial charge in [-0.3, -0.25) is 0 Å². The summed E-state index contributed by atoms with van der Waals surface area (Å²) in [5.41, 5.74) is 0. The van der Waals surface area contributed by atoms with E-state index in [4.69, 9.17) is 75.0 Å².